The molecule has 152 valence electrons. The molecule has 0 amide bonds. The Morgan fingerprint density at radius 2 is 2.10 bits per heavy atom. The lowest BCUT2D eigenvalue weighted by atomic mass is 9.97. The minimum absolute atomic E-state index is 0.135. The molecule has 5 rings (SSSR count). The molecule has 4 aromatic rings. The quantitative estimate of drug-likeness (QED) is 0.437. The van der Waals surface area contributed by atoms with Crippen molar-refractivity contribution in [2.75, 3.05) is 13.1 Å². The maximum Gasteiger partial charge on any atom is 0.231 e. The monoisotopic (exact) mass is 422 g/mol. The molecule has 0 spiro atoms. The van der Waals surface area contributed by atoms with Gasteiger partial charge in [-0.1, -0.05) is 41.0 Å². The average Bonchev–Trinajstić information content (AvgIpc) is 3.27. The van der Waals surface area contributed by atoms with E-state index in [-0.39, 0.29) is 11.7 Å². The number of fused-ring (bicyclic) bond motifs is 1. The summed E-state index contributed by atoms with van der Waals surface area (Å²) in [5.74, 6) is 0.836. The highest BCUT2D eigenvalue weighted by Gasteiger charge is 2.27. The van der Waals surface area contributed by atoms with Gasteiger partial charge in [-0.2, -0.15) is 4.98 Å². The molecule has 7 heteroatoms. The maximum absolute atomic E-state index is 13.5. The van der Waals surface area contributed by atoms with Crippen LogP contribution in [0.2, 0.25) is 5.02 Å². The number of pyridine rings is 1. The van der Waals surface area contributed by atoms with E-state index in [1.165, 1.54) is 12.1 Å². The standard InChI is InChI=1S/C23H20ClFN4O/c24-20-9-8-15-5-2-10-26-21(15)19(20)14-29-11-3-6-17(13-29)23-27-22(28-30-23)16-4-1-7-18(25)12-16/h1-2,4-5,7-10,12,17H,3,6,11,13-14H2. The van der Waals surface area contributed by atoms with Gasteiger partial charge in [0, 0.05) is 40.8 Å². The van der Waals surface area contributed by atoms with Crippen molar-refractivity contribution in [3.05, 3.63) is 77.0 Å². The number of likely N-dealkylation sites (tertiary alicyclic amines) is 1. The summed E-state index contributed by atoms with van der Waals surface area (Å²) in [4.78, 5) is 11.4. The molecule has 0 N–H and O–H groups in total. The van der Waals surface area contributed by atoms with Gasteiger partial charge < -0.3 is 4.52 Å². The molecule has 0 radical (unpaired) electrons. The predicted octanol–water partition coefficient (Wildman–Crippen LogP) is 5.46. The highest BCUT2D eigenvalue weighted by atomic mass is 35.5. The zero-order valence-electron chi connectivity index (χ0n) is 16.3. The minimum Gasteiger partial charge on any atom is -0.339 e. The van der Waals surface area contributed by atoms with Crippen LogP contribution in [-0.4, -0.2) is 33.1 Å². The molecule has 0 saturated carbocycles. The van der Waals surface area contributed by atoms with Crippen molar-refractivity contribution in [3.63, 3.8) is 0 Å². The van der Waals surface area contributed by atoms with Crippen molar-refractivity contribution >= 4 is 22.5 Å². The molecule has 1 fully saturated rings. The van der Waals surface area contributed by atoms with Crippen LogP contribution in [0.25, 0.3) is 22.3 Å². The van der Waals surface area contributed by atoms with E-state index in [9.17, 15) is 4.39 Å². The Hall–Kier alpha value is -2.83. The lowest BCUT2D eigenvalue weighted by molar-refractivity contribution is 0.181. The van der Waals surface area contributed by atoms with Crippen LogP contribution in [-0.2, 0) is 6.54 Å². The van der Waals surface area contributed by atoms with Crippen LogP contribution in [0.15, 0.2) is 59.3 Å². The van der Waals surface area contributed by atoms with Gasteiger partial charge in [0.25, 0.3) is 0 Å². The topological polar surface area (TPSA) is 55.1 Å². The summed E-state index contributed by atoms with van der Waals surface area (Å²) in [5, 5.41) is 5.88. The molecule has 30 heavy (non-hydrogen) atoms. The van der Waals surface area contributed by atoms with Crippen LogP contribution in [0.1, 0.15) is 30.2 Å². The third-order valence-corrected chi connectivity index (χ3v) is 5.94. The number of hydrogen-bond donors (Lipinski definition) is 0. The zero-order valence-corrected chi connectivity index (χ0v) is 17.0. The van der Waals surface area contributed by atoms with E-state index in [4.69, 9.17) is 16.1 Å². The molecule has 1 aliphatic heterocycles. The number of benzene rings is 2. The first-order valence-electron chi connectivity index (χ1n) is 10.0. The number of hydrogen-bond acceptors (Lipinski definition) is 5. The van der Waals surface area contributed by atoms with Gasteiger partial charge in [0.1, 0.15) is 5.82 Å². The average molecular weight is 423 g/mol. The van der Waals surface area contributed by atoms with Crippen LogP contribution in [0.3, 0.4) is 0 Å². The van der Waals surface area contributed by atoms with Crippen molar-refractivity contribution in [1.29, 1.82) is 0 Å². The van der Waals surface area contributed by atoms with Crippen LogP contribution in [0.5, 0.6) is 0 Å². The number of aromatic nitrogens is 3. The van der Waals surface area contributed by atoms with Crippen LogP contribution in [0.4, 0.5) is 4.39 Å². The van der Waals surface area contributed by atoms with Crippen LogP contribution < -0.4 is 0 Å². The van der Waals surface area contributed by atoms with Gasteiger partial charge in [-0.05, 0) is 43.7 Å². The van der Waals surface area contributed by atoms with Crippen molar-refractivity contribution < 1.29 is 8.91 Å². The Morgan fingerprint density at radius 1 is 1.17 bits per heavy atom. The third kappa shape index (κ3) is 3.80. The summed E-state index contributed by atoms with van der Waals surface area (Å²) >= 11 is 6.52. The molecule has 2 aromatic heterocycles. The molecule has 0 bridgehead atoms. The van der Waals surface area contributed by atoms with E-state index in [2.05, 4.69) is 20.0 Å². The molecule has 1 aliphatic rings. The van der Waals surface area contributed by atoms with E-state index in [0.717, 1.165) is 47.4 Å². The fraction of sp³-hybridized carbons (Fsp3) is 0.261. The predicted molar refractivity (Wildman–Crippen MR) is 114 cm³/mol. The van der Waals surface area contributed by atoms with Crippen molar-refractivity contribution in [2.45, 2.75) is 25.3 Å². The number of halogens is 2. The molecule has 0 aliphatic carbocycles. The zero-order chi connectivity index (χ0) is 20.5. The molecule has 3 heterocycles. The van der Waals surface area contributed by atoms with Crippen molar-refractivity contribution in [3.8, 4) is 11.4 Å². The van der Waals surface area contributed by atoms with E-state index in [1.54, 1.807) is 18.3 Å². The first-order chi connectivity index (χ1) is 14.7. The van der Waals surface area contributed by atoms with E-state index in [0.29, 0.717) is 23.8 Å². The van der Waals surface area contributed by atoms with Gasteiger partial charge in [-0.3, -0.25) is 9.88 Å². The summed E-state index contributed by atoms with van der Waals surface area (Å²) in [6.45, 7) is 2.49. The lowest BCUT2D eigenvalue weighted by Gasteiger charge is -2.31. The van der Waals surface area contributed by atoms with Gasteiger partial charge in [0.15, 0.2) is 0 Å². The second-order valence-corrected chi connectivity index (χ2v) is 8.05. The van der Waals surface area contributed by atoms with Gasteiger partial charge in [0.05, 0.1) is 11.4 Å². The fourth-order valence-corrected chi connectivity index (χ4v) is 4.31. The van der Waals surface area contributed by atoms with Crippen molar-refractivity contribution in [1.82, 2.24) is 20.0 Å². The Bertz CT molecular complexity index is 1190. The Kier molecular flexibility index (Phi) is 5.19. The molecular weight excluding hydrogens is 403 g/mol. The Morgan fingerprint density at radius 3 is 3.00 bits per heavy atom. The summed E-state index contributed by atoms with van der Waals surface area (Å²) in [5.41, 5.74) is 2.60. The summed E-state index contributed by atoms with van der Waals surface area (Å²) in [6.07, 6.45) is 3.80. The second-order valence-electron chi connectivity index (χ2n) is 7.64. The Balaban J connectivity index is 1.36. The Labute approximate surface area is 178 Å². The molecule has 1 unspecified atom stereocenters. The van der Waals surface area contributed by atoms with Crippen LogP contribution in [0, 0.1) is 5.82 Å². The molecule has 1 atom stereocenters. The first kappa shape index (κ1) is 19.2. The summed E-state index contributed by atoms with van der Waals surface area (Å²) in [7, 11) is 0. The summed E-state index contributed by atoms with van der Waals surface area (Å²) in [6, 6.07) is 14.2. The first-order valence-corrected chi connectivity index (χ1v) is 10.4. The van der Waals surface area contributed by atoms with E-state index < -0.39 is 0 Å². The maximum atomic E-state index is 13.5. The van der Waals surface area contributed by atoms with Gasteiger partial charge in [-0.25, -0.2) is 4.39 Å². The fourth-order valence-electron chi connectivity index (χ4n) is 4.10. The van der Waals surface area contributed by atoms with E-state index in [1.807, 2.05) is 24.3 Å². The largest absolute Gasteiger partial charge is 0.339 e. The van der Waals surface area contributed by atoms with Gasteiger partial charge in [0.2, 0.25) is 11.7 Å². The molecule has 1 saturated heterocycles. The highest BCUT2D eigenvalue weighted by molar-refractivity contribution is 6.32. The highest BCUT2D eigenvalue weighted by Crippen LogP contribution is 2.31. The number of piperidine rings is 1. The van der Waals surface area contributed by atoms with E-state index >= 15 is 0 Å². The number of rotatable bonds is 4. The lowest BCUT2D eigenvalue weighted by Crippen LogP contribution is -2.34. The summed E-state index contributed by atoms with van der Waals surface area (Å²) < 4.78 is 19.0. The smallest absolute Gasteiger partial charge is 0.231 e. The second kappa shape index (κ2) is 8.13. The molecular formula is C23H20ClFN4O. The van der Waals surface area contributed by atoms with Crippen LogP contribution >= 0.6 is 11.6 Å². The molecule has 2 aromatic carbocycles. The normalized spacial score (nSPS) is 17.5. The SMILES string of the molecule is Fc1cccc(-c2noc(C3CCCN(Cc4c(Cl)ccc5cccnc45)C3)n2)c1. The molecule has 5 nitrogen and oxygen atoms in total. The van der Waals surface area contributed by atoms with Gasteiger partial charge >= 0.3 is 0 Å². The van der Waals surface area contributed by atoms with Gasteiger partial charge in [-0.15, -0.1) is 0 Å². The minimum atomic E-state index is -0.316. The number of nitrogens with zero attached hydrogens (tertiary/aromatic N) is 4. The van der Waals surface area contributed by atoms with Crippen molar-refractivity contribution in [2.24, 2.45) is 0 Å². The third-order valence-electron chi connectivity index (χ3n) is 5.58.